The topological polar surface area (TPSA) is 40.5 Å². The molecular weight excluding hydrogens is 190 g/mol. The third-order valence-electron chi connectivity index (χ3n) is 2.96. The van der Waals surface area contributed by atoms with E-state index >= 15 is 0 Å². The van der Waals surface area contributed by atoms with Crippen LogP contribution in [0.3, 0.4) is 0 Å². The second kappa shape index (κ2) is 6.11. The van der Waals surface area contributed by atoms with E-state index in [2.05, 4.69) is 25.7 Å². The summed E-state index contributed by atoms with van der Waals surface area (Å²) in [6, 6.07) is 0.544. The number of hydrogen-bond donors (Lipinski definition) is 1. The van der Waals surface area contributed by atoms with Gasteiger partial charge in [0.2, 0.25) is 0 Å². The molecule has 90 valence electrons. The van der Waals surface area contributed by atoms with Gasteiger partial charge in [0.25, 0.3) is 0 Å². The summed E-state index contributed by atoms with van der Waals surface area (Å²) in [5, 5.41) is 8.96. The molecule has 0 rings (SSSR count). The number of carboxylic acids is 1. The van der Waals surface area contributed by atoms with Crippen LogP contribution in [0.2, 0.25) is 0 Å². The number of rotatable bonds is 7. The number of nitrogens with zero attached hydrogens (tertiary/aromatic N) is 1. The molecule has 0 aromatic heterocycles. The minimum absolute atomic E-state index is 0.544. The molecule has 0 saturated heterocycles. The monoisotopic (exact) mass is 215 g/mol. The van der Waals surface area contributed by atoms with Gasteiger partial charge in [-0.3, -0.25) is 4.79 Å². The van der Waals surface area contributed by atoms with Crippen molar-refractivity contribution in [3.63, 3.8) is 0 Å². The van der Waals surface area contributed by atoms with Crippen molar-refractivity contribution in [3.05, 3.63) is 0 Å². The molecule has 3 nitrogen and oxygen atoms in total. The summed E-state index contributed by atoms with van der Waals surface area (Å²) in [7, 11) is 0. The van der Waals surface area contributed by atoms with E-state index in [1.165, 1.54) is 0 Å². The van der Waals surface area contributed by atoms with Crippen LogP contribution in [-0.4, -0.2) is 35.1 Å². The highest BCUT2D eigenvalue weighted by atomic mass is 16.4. The molecule has 0 radical (unpaired) electrons. The van der Waals surface area contributed by atoms with E-state index in [0.717, 1.165) is 25.9 Å². The Morgan fingerprint density at radius 2 is 1.93 bits per heavy atom. The second-order valence-corrected chi connectivity index (χ2v) is 5.01. The fraction of sp³-hybridized carbons (Fsp3) is 0.917. The molecule has 0 amide bonds. The molecular formula is C12H25NO2. The van der Waals surface area contributed by atoms with Crippen LogP contribution in [0.5, 0.6) is 0 Å². The summed E-state index contributed by atoms with van der Waals surface area (Å²) >= 11 is 0. The molecule has 0 heterocycles. The van der Waals surface area contributed by atoms with E-state index in [1.807, 2.05) is 0 Å². The van der Waals surface area contributed by atoms with E-state index in [4.69, 9.17) is 5.11 Å². The fourth-order valence-electron chi connectivity index (χ4n) is 1.61. The van der Waals surface area contributed by atoms with E-state index in [0.29, 0.717) is 6.04 Å². The van der Waals surface area contributed by atoms with E-state index in [9.17, 15) is 4.79 Å². The first-order valence-electron chi connectivity index (χ1n) is 5.78. The lowest BCUT2D eigenvalue weighted by Crippen LogP contribution is -2.33. The van der Waals surface area contributed by atoms with Crippen molar-refractivity contribution in [3.8, 4) is 0 Å². The Hall–Kier alpha value is -0.570. The average Bonchev–Trinajstić information content (AvgIpc) is 2.11. The van der Waals surface area contributed by atoms with Gasteiger partial charge in [-0.25, -0.2) is 0 Å². The normalized spacial score (nSPS) is 12.5. The minimum atomic E-state index is -0.699. The lowest BCUT2D eigenvalue weighted by molar-refractivity contribution is -0.147. The summed E-state index contributed by atoms with van der Waals surface area (Å²) in [5.74, 6) is -0.699. The standard InChI is InChI=1S/C12H25NO2/c1-6-13(10(2)3)9-7-8-12(4,5)11(14)15/h10H,6-9H2,1-5H3,(H,14,15). The van der Waals surface area contributed by atoms with Gasteiger partial charge in [0.1, 0.15) is 0 Å². The predicted octanol–water partition coefficient (Wildman–Crippen LogP) is 2.61. The van der Waals surface area contributed by atoms with Crippen molar-refractivity contribution in [2.24, 2.45) is 5.41 Å². The smallest absolute Gasteiger partial charge is 0.309 e. The van der Waals surface area contributed by atoms with Crippen LogP contribution in [0.25, 0.3) is 0 Å². The Labute approximate surface area is 93.5 Å². The molecule has 0 bridgehead atoms. The van der Waals surface area contributed by atoms with Gasteiger partial charge in [0.05, 0.1) is 5.41 Å². The van der Waals surface area contributed by atoms with Crippen LogP contribution in [0.1, 0.15) is 47.5 Å². The van der Waals surface area contributed by atoms with Gasteiger partial charge in [-0.1, -0.05) is 6.92 Å². The quantitative estimate of drug-likeness (QED) is 0.709. The third-order valence-corrected chi connectivity index (χ3v) is 2.96. The molecule has 3 heteroatoms. The van der Waals surface area contributed by atoms with Gasteiger partial charge in [0, 0.05) is 6.04 Å². The summed E-state index contributed by atoms with van der Waals surface area (Å²) in [6.07, 6.45) is 1.69. The number of hydrogen-bond acceptors (Lipinski definition) is 2. The summed E-state index contributed by atoms with van der Waals surface area (Å²) < 4.78 is 0. The van der Waals surface area contributed by atoms with Crippen molar-refractivity contribution >= 4 is 5.97 Å². The zero-order valence-corrected chi connectivity index (χ0v) is 10.7. The van der Waals surface area contributed by atoms with Gasteiger partial charge in [-0.2, -0.15) is 0 Å². The largest absolute Gasteiger partial charge is 0.481 e. The zero-order valence-electron chi connectivity index (χ0n) is 10.7. The second-order valence-electron chi connectivity index (χ2n) is 5.01. The first-order chi connectivity index (χ1) is 6.81. The van der Waals surface area contributed by atoms with Crippen molar-refractivity contribution in [1.29, 1.82) is 0 Å². The Morgan fingerprint density at radius 1 is 1.40 bits per heavy atom. The molecule has 0 atom stereocenters. The molecule has 0 unspecified atom stereocenters. The average molecular weight is 215 g/mol. The van der Waals surface area contributed by atoms with Crippen molar-refractivity contribution < 1.29 is 9.90 Å². The lowest BCUT2D eigenvalue weighted by atomic mass is 9.88. The van der Waals surface area contributed by atoms with Crippen molar-refractivity contribution in [2.45, 2.75) is 53.5 Å². The summed E-state index contributed by atoms with van der Waals surface area (Å²) in [5.41, 5.74) is -0.587. The summed E-state index contributed by atoms with van der Waals surface area (Å²) in [6.45, 7) is 12.1. The molecule has 0 aliphatic heterocycles. The molecule has 0 aromatic rings. The van der Waals surface area contributed by atoms with E-state index < -0.39 is 11.4 Å². The molecule has 0 saturated carbocycles. The number of carboxylic acid groups (broad SMARTS) is 1. The van der Waals surface area contributed by atoms with Crippen LogP contribution < -0.4 is 0 Å². The van der Waals surface area contributed by atoms with Gasteiger partial charge in [-0.05, 0) is 53.6 Å². The SMILES string of the molecule is CCN(CCCC(C)(C)C(=O)O)C(C)C. The Balaban J connectivity index is 3.92. The van der Waals surface area contributed by atoms with Gasteiger partial charge < -0.3 is 10.0 Å². The van der Waals surface area contributed by atoms with Crippen LogP contribution in [-0.2, 0) is 4.79 Å². The van der Waals surface area contributed by atoms with Crippen LogP contribution in [0.15, 0.2) is 0 Å². The molecule has 15 heavy (non-hydrogen) atoms. The lowest BCUT2D eigenvalue weighted by Gasteiger charge is -2.26. The van der Waals surface area contributed by atoms with Crippen LogP contribution in [0, 0.1) is 5.41 Å². The maximum atomic E-state index is 10.9. The van der Waals surface area contributed by atoms with Gasteiger partial charge in [0.15, 0.2) is 0 Å². The molecule has 0 aromatic carbocycles. The highest BCUT2D eigenvalue weighted by molar-refractivity contribution is 5.73. The Bertz CT molecular complexity index is 200. The van der Waals surface area contributed by atoms with Crippen LogP contribution >= 0.6 is 0 Å². The van der Waals surface area contributed by atoms with Crippen molar-refractivity contribution in [2.75, 3.05) is 13.1 Å². The van der Waals surface area contributed by atoms with E-state index in [-0.39, 0.29) is 0 Å². The third kappa shape index (κ3) is 5.17. The first kappa shape index (κ1) is 14.4. The highest BCUT2D eigenvalue weighted by Crippen LogP contribution is 2.22. The first-order valence-corrected chi connectivity index (χ1v) is 5.78. The van der Waals surface area contributed by atoms with Crippen LogP contribution in [0.4, 0.5) is 0 Å². The molecule has 0 aliphatic carbocycles. The van der Waals surface area contributed by atoms with Gasteiger partial charge in [-0.15, -0.1) is 0 Å². The number of carbonyl (C=O) groups is 1. The molecule has 0 fully saturated rings. The predicted molar refractivity (Wildman–Crippen MR) is 63.0 cm³/mol. The maximum absolute atomic E-state index is 10.9. The molecule has 0 aliphatic rings. The molecule has 0 spiro atoms. The summed E-state index contributed by atoms with van der Waals surface area (Å²) in [4.78, 5) is 13.2. The number of aliphatic carboxylic acids is 1. The minimum Gasteiger partial charge on any atom is -0.481 e. The fourth-order valence-corrected chi connectivity index (χ4v) is 1.61. The Morgan fingerprint density at radius 3 is 2.27 bits per heavy atom. The Kier molecular flexibility index (Phi) is 5.88. The van der Waals surface area contributed by atoms with Crippen molar-refractivity contribution in [1.82, 2.24) is 4.90 Å². The van der Waals surface area contributed by atoms with Gasteiger partial charge >= 0.3 is 5.97 Å². The zero-order chi connectivity index (χ0) is 12.1. The van der Waals surface area contributed by atoms with E-state index in [1.54, 1.807) is 13.8 Å². The molecule has 1 N–H and O–H groups in total. The highest BCUT2D eigenvalue weighted by Gasteiger charge is 2.26. The maximum Gasteiger partial charge on any atom is 0.309 e.